The van der Waals surface area contributed by atoms with Gasteiger partial charge < -0.3 is 4.74 Å². The summed E-state index contributed by atoms with van der Waals surface area (Å²) >= 11 is 0. The van der Waals surface area contributed by atoms with Crippen molar-refractivity contribution in [2.24, 2.45) is 0 Å². The molecule has 3 aromatic rings. The van der Waals surface area contributed by atoms with E-state index in [-0.39, 0.29) is 17.2 Å². The van der Waals surface area contributed by atoms with Crippen molar-refractivity contribution in [2.75, 3.05) is 17.6 Å². The van der Waals surface area contributed by atoms with Crippen LogP contribution in [-0.2, 0) is 10.0 Å². The number of ether oxygens (including phenoxy) is 1. The highest BCUT2D eigenvalue weighted by atomic mass is 32.2. The molecule has 0 bridgehead atoms. The van der Waals surface area contributed by atoms with E-state index in [4.69, 9.17) is 4.74 Å². The Balaban J connectivity index is 2.08. The normalized spacial score (nSPS) is 11.6. The van der Waals surface area contributed by atoms with Crippen molar-refractivity contribution in [1.82, 2.24) is 15.2 Å². The van der Waals surface area contributed by atoms with Crippen LogP contribution in [0.1, 0.15) is 13.3 Å². The summed E-state index contributed by atoms with van der Waals surface area (Å²) in [6.07, 6.45) is 3.61. The Labute approximate surface area is 144 Å². The molecule has 0 unspecified atom stereocenters. The predicted molar refractivity (Wildman–Crippen MR) is 93.5 cm³/mol. The average Bonchev–Trinajstić information content (AvgIpc) is 3.01. The molecule has 0 radical (unpaired) electrons. The fourth-order valence-corrected chi connectivity index (χ4v) is 3.65. The van der Waals surface area contributed by atoms with Crippen molar-refractivity contribution >= 4 is 26.7 Å². The van der Waals surface area contributed by atoms with Crippen LogP contribution in [0.2, 0.25) is 0 Å². The summed E-state index contributed by atoms with van der Waals surface area (Å²) in [6, 6.07) is 4.59. The summed E-state index contributed by atoms with van der Waals surface area (Å²) in [5, 5.41) is 7.40. The van der Waals surface area contributed by atoms with Gasteiger partial charge in [-0.3, -0.25) is 9.82 Å². The van der Waals surface area contributed by atoms with Gasteiger partial charge in [0.1, 0.15) is 0 Å². The molecule has 0 spiro atoms. The molecule has 3 rings (SSSR count). The first-order valence-electron chi connectivity index (χ1n) is 7.61. The van der Waals surface area contributed by atoms with E-state index in [0.717, 1.165) is 5.39 Å². The highest BCUT2D eigenvalue weighted by molar-refractivity contribution is 7.92. The van der Waals surface area contributed by atoms with E-state index in [1.54, 1.807) is 25.4 Å². The van der Waals surface area contributed by atoms with E-state index >= 15 is 0 Å². The Morgan fingerprint density at radius 1 is 1.24 bits per heavy atom. The molecule has 2 N–H and O–H groups in total. The number of rotatable bonds is 6. The van der Waals surface area contributed by atoms with Gasteiger partial charge in [0.15, 0.2) is 17.2 Å². The van der Waals surface area contributed by atoms with Crippen molar-refractivity contribution in [3.63, 3.8) is 0 Å². The molecule has 2 aromatic heterocycles. The lowest BCUT2D eigenvalue weighted by Gasteiger charge is -2.14. The highest BCUT2D eigenvalue weighted by Crippen LogP contribution is 2.34. The number of aromatic nitrogens is 3. The molecule has 0 fully saturated rings. The van der Waals surface area contributed by atoms with Crippen molar-refractivity contribution in [1.29, 1.82) is 0 Å². The Kier molecular flexibility index (Phi) is 4.58. The molecule has 132 valence electrons. The predicted octanol–water partition coefficient (Wildman–Crippen LogP) is 2.92. The second-order valence-electron chi connectivity index (χ2n) is 5.49. The van der Waals surface area contributed by atoms with E-state index in [1.807, 2.05) is 0 Å². The largest absolute Gasteiger partial charge is 0.492 e. The topological polar surface area (TPSA) is 97.0 Å². The molecule has 0 aliphatic carbocycles. The third-order valence-electron chi connectivity index (χ3n) is 3.61. The molecule has 1 aromatic carbocycles. The molecule has 0 aliphatic heterocycles. The van der Waals surface area contributed by atoms with Crippen LogP contribution < -0.4 is 9.46 Å². The zero-order valence-corrected chi connectivity index (χ0v) is 14.5. The molecule has 0 atom stereocenters. The van der Waals surface area contributed by atoms with Gasteiger partial charge in [0.25, 0.3) is 0 Å². The van der Waals surface area contributed by atoms with Crippen LogP contribution in [0.5, 0.6) is 5.75 Å². The van der Waals surface area contributed by atoms with Crippen molar-refractivity contribution in [3.05, 3.63) is 36.4 Å². The van der Waals surface area contributed by atoms with Crippen LogP contribution in [0.25, 0.3) is 22.2 Å². The first kappa shape index (κ1) is 17.2. The van der Waals surface area contributed by atoms with E-state index in [0.29, 0.717) is 23.2 Å². The third-order valence-corrected chi connectivity index (χ3v) is 5.09. The van der Waals surface area contributed by atoms with Gasteiger partial charge in [-0.1, -0.05) is 6.92 Å². The lowest BCUT2D eigenvalue weighted by molar-refractivity contribution is 0.389. The first-order valence-corrected chi connectivity index (χ1v) is 9.26. The molecule has 0 amide bonds. The zero-order chi connectivity index (χ0) is 18.0. The van der Waals surface area contributed by atoms with E-state index in [2.05, 4.69) is 19.9 Å². The minimum absolute atomic E-state index is 0.0539. The van der Waals surface area contributed by atoms with Gasteiger partial charge in [-0.2, -0.15) is 5.10 Å². The Bertz CT molecular complexity index is 1020. The number of fused-ring (bicyclic) bond motifs is 1. The molecule has 2 heterocycles. The maximum atomic E-state index is 14.4. The lowest BCUT2D eigenvalue weighted by atomic mass is 10.1. The monoisotopic (exact) mass is 364 g/mol. The highest BCUT2D eigenvalue weighted by Gasteiger charge is 2.18. The Morgan fingerprint density at radius 2 is 2.04 bits per heavy atom. The SMILES string of the molecule is CCCS(=O)(=O)Nc1cc(-c2cnc3[nH]ncc3c2)cc(F)c1OC. The van der Waals surface area contributed by atoms with Crippen LogP contribution in [0.4, 0.5) is 10.1 Å². The maximum Gasteiger partial charge on any atom is 0.232 e. The first-order chi connectivity index (χ1) is 11.9. The van der Waals surface area contributed by atoms with Crippen LogP contribution in [0.15, 0.2) is 30.6 Å². The van der Waals surface area contributed by atoms with Crippen LogP contribution in [0.3, 0.4) is 0 Å². The van der Waals surface area contributed by atoms with E-state index in [9.17, 15) is 12.8 Å². The Morgan fingerprint density at radius 3 is 2.76 bits per heavy atom. The second-order valence-corrected chi connectivity index (χ2v) is 7.33. The summed E-state index contributed by atoms with van der Waals surface area (Å²) in [5.41, 5.74) is 1.77. The van der Waals surface area contributed by atoms with E-state index in [1.165, 1.54) is 19.2 Å². The van der Waals surface area contributed by atoms with Gasteiger partial charge in [0.2, 0.25) is 10.0 Å². The molecule has 25 heavy (non-hydrogen) atoms. The molecule has 0 saturated heterocycles. The molecule has 9 heteroatoms. The minimum Gasteiger partial charge on any atom is -0.492 e. The van der Waals surface area contributed by atoms with Gasteiger partial charge in [-0.05, 0) is 30.2 Å². The van der Waals surface area contributed by atoms with Gasteiger partial charge in [0.05, 0.1) is 24.7 Å². The summed E-state index contributed by atoms with van der Waals surface area (Å²) in [5.74, 6) is -0.882. The van der Waals surface area contributed by atoms with Crippen molar-refractivity contribution in [2.45, 2.75) is 13.3 Å². The van der Waals surface area contributed by atoms with Crippen LogP contribution >= 0.6 is 0 Å². The number of aromatic amines is 1. The number of sulfonamides is 1. The average molecular weight is 364 g/mol. The number of hydrogen-bond acceptors (Lipinski definition) is 5. The fourth-order valence-electron chi connectivity index (χ4n) is 2.53. The van der Waals surface area contributed by atoms with Crippen molar-refractivity contribution in [3.8, 4) is 16.9 Å². The summed E-state index contributed by atoms with van der Waals surface area (Å²) in [6.45, 7) is 1.75. The van der Waals surface area contributed by atoms with E-state index < -0.39 is 15.8 Å². The quantitative estimate of drug-likeness (QED) is 0.701. The second kappa shape index (κ2) is 6.67. The number of anilines is 1. The number of methoxy groups -OCH3 is 1. The number of pyridine rings is 1. The van der Waals surface area contributed by atoms with Gasteiger partial charge in [-0.25, -0.2) is 17.8 Å². The fraction of sp³-hybridized carbons (Fsp3) is 0.250. The standard InChI is InChI=1S/C16H17FN4O3S/c1-3-4-25(22,23)21-14-7-10(6-13(17)15(14)24-2)11-5-12-9-19-20-16(12)18-8-11/h5-9,21H,3-4H2,1-2H3,(H,18,19,20). The third kappa shape index (κ3) is 3.55. The molecule has 0 saturated carbocycles. The Hall–Kier alpha value is -2.68. The number of benzene rings is 1. The number of nitrogens with zero attached hydrogens (tertiary/aromatic N) is 2. The molecule has 7 nitrogen and oxygen atoms in total. The van der Waals surface area contributed by atoms with Crippen molar-refractivity contribution < 1.29 is 17.5 Å². The number of hydrogen-bond donors (Lipinski definition) is 2. The number of halogens is 1. The number of H-pyrrole nitrogens is 1. The van der Waals surface area contributed by atoms with Gasteiger partial charge in [0, 0.05) is 17.1 Å². The molecule has 0 aliphatic rings. The zero-order valence-electron chi connectivity index (χ0n) is 13.7. The maximum absolute atomic E-state index is 14.4. The number of nitrogens with one attached hydrogen (secondary N) is 2. The summed E-state index contributed by atoms with van der Waals surface area (Å²) in [7, 11) is -2.30. The van der Waals surface area contributed by atoms with Crippen LogP contribution in [-0.4, -0.2) is 36.5 Å². The van der Waals surface area contributed by atoms with Gasteiger partial charge in [-0.15, -0.1) is 0 Å². The summed E-state index contributed by atoms with van der Waals surface area (Å²) in [4.78, 5) is 4.21. The van der Waals surface area contributed by atoms with Gasteiger partial charge >= 0.3 is 0 Å². The molecular formula is C16H17FN4O3S. The minimum atomic E-state index is -3.59. The lowest BCUT2D eigenvalue weighted by Crippen LogP contribution is -2.17. The smallest absolute Gasteiger partial charge is 0.232 e. The van der Waals surface area contributed by atoms with Crippen LogP contribution in [0, 0.1) is 5.82 Å². The molecular weight excluding hydrogens is 347 g/mol. The summed E-state index contributed by atoms with van der Waals surface area (Å²) < 4.78 is 45.9.